The number of halogens is 4. The summed E-state index contributed by atoms with van der Waals surface area (Å²) in [5, 5.41) is 12.0. The molecule has 2 rings (SSSR count). The van der Waals surface area contributed by atoms with Gasteiger partial charge in [-0.3, -0.25) is 0 Å². The van der Waals surface area contributed by atoms with Crippen LogP contribution in [0.3, 0.4) is 0 Å². The number of nitrogens with one attached hydrogen (secondary N) is 1. The third kappa shape index (κ3) is 3.37. The summed E-state index contributed by atoms with van der Waals surface area (Å²) in [6.07, 6.45) is -4.18. The number of anilines is 1. The van der Waals surface area contributed by atoms with Crippen LogP contribution in [0.4, 0.5) is 19.0 Å². The first kappa shape index (κ1) is 15.0. The Morgan fingerprint density at radius 1 is 1.25 bits per heavy atom. The maximum atomic E-state index is 12.8. The molecule has 0 unspecified atom stereocenters. The summed E-state index contributed by atoms with van der Waals surface area (Å²) in [5.41, 5.74) is 0.210. The molecule has 1 aromatic heterocycles. The Labute approximate surface area is 121 Å². The molecule has 0 radical (unpaired) electrons. The van der Waals surface area contributed by atoms with Crippen LogP contribution in [0.5, 0.6) is 0 Å². The van der Waals surface area contributed by atoms with Crippen LogP contribution in [0.1, 0.15) is 12.2 Å². The summed E-state index contributed by atoms with van der Waals surface area (Å²) in [6, 6.07) is 4.76. The lowest BCUT2D eigenvalue weighted by molar-refractivity contribution is -0.144. The SMILES string of the molecule is OCCCNc1nc(C(F)(F)F)nc2ccc(Br)cc12. The number of hydrogen-bond donors (Lipinski definition) is 2. The van der Waals surface area contributed by atoms with E-state index in [9.17, 15) is 13.2 Å². The second-order valence-corrected chi connectivity index (χ2v) is 4.97. The number of rotatable bonds is 4. The minimum Gasteiger partial charge on any atom is -0.396 e. The number of aliphatic hydroxyl groups excluding tert-OH is 1. The molecule has 0 spiro atoms. The Balaban J connectivity index is 2.51. The van der Waals surface area contributed by atoms with E-state index in [1.165, 1.54) is 6.07 Å². The number of alkyl halides is 3. The van der Waals surface area contributed by atoms with Crippen LogP contribution in [0.2, 0.25) is 0 Å². The lowest BCUT2D eigenvalue weighted by atomic mass is 10.2. The van der Waals surface area contributed by atoms with Gasteiger partial charge in [-0.15, -0.1) is 0 Å². The first-order valence-corrected chi connectivity index (χ1v) is 6.60. The smallest absolute Gasteiger partial charge is 0.396 e. The molecule has 20 heavy (non-hydrogen) atoms. The second-order valence-electron chi connectivity index (χ2n) is 4.06. The van der Waals surface area contributed by atoms with Crippen molar-refractivity contribution >= 4 is 32.7 Å². The predicted molar refractivity (Wildman–Crippen MR) is 72.4 cm³/mol. The number of benzene rings is 1. The summed E-state index contributed by atoms with van der Waals surface area (Å²) < 4.78 is 39.0. The minimum atomic E-state index is -4.60. The average Bonchev–Trinajstić information content (AvgIpc) is 2.38. The van der Waals surface area contributed by atoms with Crippen LogP contribution < -0.4 is 5.32 Å². The highest BCUT2D eigenvalue weighted by molar-refractivity contribution is 9.10. The molecular weight excluding hydrogens is 339 g/mol. The molecule has 0 fully saturated rings. The van der Waals surface area contributed by atoms with Crippen LogP contribution >= 0.6 is 15.9 Å². The first-order chi connectivity index (χ1) is 9.41. The zero-order chi connectivity index (χ0) is 14.8. The number of aliphatic hydroxyl groups is 1. The molecule has 1 heterocycles. The molecule has 0 aliphatic carbocycles. The highest BCUT2D eigenvalue weighted by atomic mass is 79.9. The van der Waals surface area contributed by atoms with E-state index in [2.05, 4.69) is 31.2 Å². The van der Waals surface area contributed by atoms with Crippen LogP contribution in [-0.4, -0.2) is 28.2 Å². The van der Waals surface area contributed by atoms with E-state index in [0.717, 1.165) is 4.47 Å². The molecule has 0 saturated heterocycles. The molecule has 2 aromatic rings. The van der Waals surface area contributed by atoms with E-state index in [-0.39, 0.29) is 17.9 Å². The molecule has 0 aliphatic rings. The van der Waals surface area contributed by atoms with Crippen molar-refractivity contribution in [1.29, 1.82) is 0 Å². The number of fused-ring (bicyclic) bond motifs is 1. The maximum Gasteiger partial charge on any atom is 0.451 e. The first-order valence-electron chi connectivity index (χ1n) is 5.81. The molecule has 108 valence electrons. The van der Waals surface area contributed by atoms with E-state index >= 15 is 0 Å². The Morgan fingerprint density at radius 2 is 2.00 bits per heavy atom. The molecular formula is C12H11BrF3N3O. The molecule has 0 bridgehead atoms. The van der Waals surface area contributed by atoms with Gasteiger partial charge in [0.05, 0.1) is 5.52 Å². The van der Waals surface area contributed by atoms with Crippen molar-refractivity contribution in [3.63, 3.8) is 0 Å². The van der Waals surface area contributed by atoms with E-state index < -0.39 is 12.0 Å². The third-order valence-electron chi connectivity index (χ3n) is 2.54. The van der Waals surface area contributed by atoms with Gasteiger partial charge >= 0.3 is 6.18 Å². The largest absolute Gasteiger partial charge is 0.451 e. The second kappa shape index (κ2) is 5.92. The van der Waals surface area contributed by atoms with Crippen molar-refractivity contribution in [2.75, 3.05) is 18.5 Å². The van der Waals surface area contributed by atoms with Gasteiger partial charge in [-0.25, -0.2) is 9.97 Å². The summed E-state index contributed by atoms with van der Waals surface area (Å²) in [5.74, 6) is -1.07. The Hall–Kier alpha value is -1.41. The van der Waals surface area contributed by atoms with Crippen LogP contribution in [0.25, 0.3) is 10.9 Å². The highest BCUT2D eigenvalue weighted by Gasteiger charge is 2.35. The number of hydrogen-bond acceptors (Lipinski definition) is 4. The quantitative estimate of drug-likeness (QED) is 0.832. The van der Waals surface area contributed by atoms with Gasteiger partial charge in [-0.1, -0.05) is 15.9 Å². The Morgan fingerprint density at radius 3 is 2.65 bits per heavy atom. The normalized spacial score (nSPS) is 11.8. The van der Waals surface area contributed by atoms with Gasteiger partial charge in [0.1, 0.15) is 5.82 Å². The fraction of sp³-hybridized carbons (Fsp3) is 0.333. The van der Waals surface area contributed by atoms with Crippen molar-refractivity contribution < 1.29 is 18.3 Å². The Bertz CT molecular complexity index is 619. The lowest BCUT2D eigenvalue weighted by Gasteiger charge is -2.12. The van der Waals surface area contributed by atoms with Crippen molar-refractivity contribution in [2.45, 2.75) is 12.6 Å². The Kier molecular flexibility index (Phi) is 4.44. The van der Waals surface area contributed by atoms with Gasteiger partial charge < -0.3 is 10.4 Å². The van der Waals surface area contributed by atoms with Crippen molar-refractivity contribution in [1.82, 2.24) is 9.97 Å². The zero-order valence-electron chi connectivity index (χ0n) is 10.2. The van der Waals surface area contributed by atoms with Gasteiger partial charge in [0.25, 0.3) is 0 Å². The van der Waals surface area contributed by atoms with Crippen LogP contribution in [0.15, 0.2) is 22.7 Å². The molecule has 2 N–H and O–H groups in total. The monoisotopic (exact) mass is 349 g/mol. The molecule has 0 amide bonds. The predicted octanol–water partition coefficient (Wildman–Crippen LogP) is 3.21. The van der Waals surface area contributed by atoms with Gasteiger partial charge in [-0.05, 0) is 24.6 Å². The van der Waals surface area contributed by atoms with Crippen molar-refractivity contribution in [2.24, 2.45) is 0 Å². The van der Waals surface area contributed by atoms with Gasteiger partial charge in [0, 0.05) is 23.0 Å². The fourth-order valence-electron chi connectivity index (χ4n) is 1.65. The van der Waals surface area contributed by atoms with Gasteiger partial charge in [0.2, 0.25) is 5.82 Å². The van der Waals surface area contributed by atoms with Crippen LogP contribution in [-0.2, 0) is 6.18 Å². The van der Waals surface area contributed by atoms with E-state index in [1.807, 2.05) is 0 Å². The molecule has 4 nitrogen and oxygen atoms in total. The van der Waals surface area contributed by atoms with Crippen LogP contribution in [0, 0.1) is 0 Å². The third-order valence-corrected chi connectivity index (χ3v) is 3.03. The molecule has 0 aliphatic heterocycles. The topological polar surface area (TPSA) is 58.0 Å². The van der Waals surface area contributed by atoms with E-state index in [0.29, 0.717) is 18.4 Å². The number of aromatic nitrogens is 2. The summed E-state index contributed by atoms with van der Waals surface area (Å²) in [7, 11) is 0. The molecule has 8 heteroatoms. The van der Waals surface area contributed by atoms with E-state index in [1.54, 1.807) is 12.1 Å². The highest BCUT2D eigenvalue weighted by Crippen LogP contribution is 2.31. The molecule has 1 aromatic carbocycles. The van der Waals surface area contributed by atoms with Gasteiger partial charge in [-0.2, -0.15) is 13.2 Å². The van der Waals surface area contributed by atoms with Crippen molar-refractivity contribution in [3.05, 3.63) is 28.5 Å². The van der Waals surface area contributed by atoms with Gasteiger partial charge in [0.15, 0.2) is 0 Å². The van der Waals surface area contributed by atoms with Crippen molar-refractivity contribution in [3.8, 4) is 0 Å². The maximum absolute atomic E-state index is 12.8. The van der Waals surface area contributed by atoms with E-state index in [4.69, 9.17) is 5.11 Å². The summed E-state index contributed by atoms with van der Waals surface area (Å²) in [4.78, 5) is 7.07. The summed E-state index contributed by atoms with van der Waals surface area (Å²) >= 11 is 3.26. The lowest BCUT2D eigenvalue weighted by Crippen LogP contribution is -2.14. The minimum absolute atomic E-state index is 0.0498. The fourth-order valence-corrected chi connectivity index (χ4v) is 2.01. The zero-order valence-corrected chi connectivity index (χ0v) is 11.8. The number of nitrogens with zero attached hydrogens (tertiary/aromatic N) is 2. The summed E-state index contributed by atoms with van der Waals surface area (Å²) in [6.45, 7) is 0.276. The molecule has 0 atom stereocenters. The standard InChI is InChI=1S/C12H11BrF3N3O/c13-7-2-3-9-8(6-7)10(17-4-1-5-20)19-11(18-9)12(14,15)16/h2-3,6,20H,1,4-5H2,(H,17,18,19). The molecule has 0 saturated carbocycles. The average molecular weight is 350 g/mol.